The van der Waals surface area contributed by atoms with Gasteiger partial charge in [0.1, 0.15) is 5.56 Å². The molecule has 0 aliphatic heterocycles. The van der Waals surface area contributed by atoms with Gasteiger partial charge in [0.25, 0.3) is 5.56 Å². The minimum Gasteiger partial charge on any atom is -0.477 e. The van der Waals surface area contributed by atoms with Crippen LogP contribution < -0.4 is 16.2 Å². The van der Waals surface area contributed by atoms with Gasteiger partial charge >= 0.3 is 5.97 Å². The summed E-state index contributed by atoms with van der Waals surface area (Å²) in [5.74, 6) is -2.30. The van der Waals surface area contributed by atoms with Crippen LogP contribution in [0.5, 0.6) is 0 Å². The van der Waals surface area contributed by atoms with E-state index in [1.165, 1.54) is 26.0 Å². The Kier molecular flexibility index (Phi) is 5.14. The highest BCUT2D eigenvalue weighted by atomic mass is 16.4. The number of nitrogens with two attached hydrogens (primary N) is 1. The average Bonchev–Trinajstić information content (AvgIpc) is 2.54. The fourth-order valence-electron chi connectivity index (χ4n) is 2.27. The Hall–Kier alpha value is -3.26. The summed E-state index contributed by atoms with van der Waals surface area (Å²) in [5.41, 5.74) is 5.84. The number of aromatic amines is 1. The van der Waals surface area contributed by atoms with Crippen LogP contribution in [-0.4, -0.2) is 33.9 Å². The summed E-state index contributed by atoms with van der Waals surface area (Å²) >= 11 is 0. The molecule has 8 heteroatoms. The monoisotopic (exact) mass is 343 g/mol. The van der Waals surface area contributed by atoms with E-state index in [4.69, 9.17) is 10.8 Å². The zero-order valence-corrected chi connectivity index (χ0v) is 13.6. The van der Waals surface area contributed by atoms with Gasteiger partial charge in [0.2, 0.25) is 11.8 Å². The predicted octanol–water partition coefficient (Wildman–Crippen LogP) is 0.967. The van der Waals surface area contributed by atoms with Crippen LogP contribution in [0.3, 0.4) is 0 Å². The van der Waals surface area contributed by atoms with Gasteiger partial charge < -0.3 is 15.8 Å². The minimum atomic E-state index is -1.31. The Morgan fingerprint density at radius 2 is 1.72 bits per heavy atom. The lowest BCUT2D eigenvalue weighted by atomic mass is 10.1. The first kappa shape index (κ1) is 18.1. The second-order valence-corrected chi connectivity index (χ2v) is 5.45. The number of imide groups is 1. The maximum absolute atomic E-state index is 12.1. The second kappa shape index (κ2) is 7.10. The van der Waals surface area contributed by atoms with Crippen molar-refractivity contribution in [2.45, 2.75) is 19.9 Å². The molecule has 2 amide bonds. The van der Waals surface area contributed by atoms with Crippen molar-refractivity contribution in [2.24, 2.45) is 5.73 Å². The molecular weight excluding hydrogens is 326 g/mol. The van der Waals surface area contributed by atoms with Crippen LogP contribution in [0.2, 0.25) is 0 Å². The Balaban J connectivity index is 2.38. The van der Waals surface area contributed by atoms with E-state index in [0.29, 0.717) is 16.9 Å². The Morgan fingerprint density at radius 1 is 1.12 bits per heavy atom. The van der Waals surface area contributed by atoms with Crippen molar-refractivity contribution in [1.82, 2.24) is 4.98 Å². The number of hydrogen-bond donors (Lipinski definition) is 3. The number of carboxylic acids is 1. The number of anilines is 1. The number of H-pyrrole nitrogens is 1. The number of benzene rings is 1. The molecule has 0 unspecified atom stereocenters. The molecule has 8 nitrogen and oxygen atoms in total. The Bertz CT molecular complexity index is 884. The Morgan fingerprint density at radius 3 is 2.16 bits per heavy atom. The largest absolute Gasteiger partial charge is 0.477 e. The van der Waals surface area contributed by atoms with Gasteiger partial charge in [-0.25, -0.2) is 9.69 Å². The highest BCUT2D eigenvalue weighted by Gasteiger charge is 2.23. The third-order valence-electron chi connectivity index (χ3n) is 3.50. The highest BCUT2D eigenvalue weighted by molar-refractivity contribution is 6.15. The van der Waals surface area contributed by atoms with E-state index in [-0.39, 0.29) is 5.56 Å². The van der Waals surface area contributed by atoms with E-state index in [2.05, 4.69) is 4.98 Å². The highest BCUT2D eigenvalue weighted by Crippen LogP contribution is 2.22. The second-order valence-electron chi connectivity index (χ2n) is 5.45. The Labute approximate surface area is 142 Å². The number of nitrogens with zero attached hydrogens (tertiary/aromatic N) is 1. The zero-order valence-electron chi connectivity index (χ0n) is 13.6. The molecule has 0 spiro atoms. The molecule has 0 bridgehead atoms. The number of rotatable bonds is 4. The summed E-state index contributed by atoms with van der Waals surface area (Å²) in [6.45, 7) is 2.75. The smallest absolute Gasteiger partial charge is 0.341 e. The average molecular weight is 343 g/mol. The fourth-order valence-corrected chi connectivity index (χ4v) is 2.27. The van der Waals surface area contributed by atoms with E-state index in [1.807, 2.05) is 0 Å². The molecule has 0 saturated carbocycles. The normalized spacial score (nSPS) is 11.6. The predicted molar refractivity (Wildman–Crippen MR) is 91.3 cm³/mol. The molecule has 0 fully saturated rings. The number of aromatic carboxylic acids is 1. The van der Waals surface area contributed by atoms with Crippen molar-refractivity contribution in [3.63, 3.8) is 0 Å². The van der Waals surface area contributed by atoms with Crippen molar-refractivity contribution in [2.75, 3.05) is 4.90 Å². The maximum atomic E-state index is 12.1. The van der Waals surface area contributed by atoms with E-state index >= 15 is 0 Å². The number of hydrogen-bond acceptors (Lipinski definition) is 5. The topological polar surface area (TPSA) is 134 Å². The molecule has 1 heterocycles. The van der Waals surface area contributed by atoms with Crippen LogP contribution in [0.15, 0.2) is 41.2 Å². The van der Waals surface area contributed by atoms with Crippen LogP contribution in [0.1, 0.15) is 24.2 Å². The first-order chi connectivity index (χ1) is 11.7. The summed E-state index contributed by atoms with van der Waals surface area (Å²) in [4.78, 5) is 49.9. The van der Waals surface area contributed by atoms with Crippen LogP contribution in [0.25, 0.3) is 11.3 Å². The number of pyridine rings is 1. The van der Waals surface area contributed by atoms with Crippen molar-refractivity contribution < 1.29 is 19.5 Å². The molecule has 130 valence electrons. The third-order valence-corrected chi connectivity index (χ3v) is 3.50. The summed E-state index contributed by atoms with van der Waals surface area (Å²) in [6.07, 6.45) is 0. The number of amides is 2. The summed E-state index contributed by atoms with van der Waals surface area (Å²) in [6, 6.07) is 8.14. The number of carbonyl (C=O) groups excluding carboxylic acids is 2. The van der Waals surface area contributed by atoms with E-state index in [9.17, 15) is 19.2 Å². The summed E-state index contributed by atoms with van der Waals surface area (Å²) in [5, 5.41) is 8.87. The zero-order chi connectivity index (χ0) is 18.7. The minimum absolute atomic E-state index is 0.350. The van der Waals surface area contributed by atoms with E-state index in [1.54, 1.807) is 24.3 Å². The lowest BCUT2D eigenvalue weighted by Gasteiger charge is -2.21. The molecular formula is C17H17N3O5. The molecule has 0 aliphatic carbocycles. The first-order valence-corrected chi connectivity index (χ1v) is 7.39. The van der Waals surface area contributed by atoms with Crippen LogP contribution in [0, 0.1) is 0 Å². The van der Waals surface area contributed by atoms with Gasteiger partial charge in [-0.15, -0.1) is 0 Å². The summed E-state index contributed by atoms with van der Waals surface area (Å²) in [7, 11) is 0. The lowest BCUT2D eigenvalue weighted by molar-refractivity contribution is -0.126. The molecule has 0 saturated heterocycles. The molecule has 1 atom stereocenters. The van der Waals surface area contributed by atoms with Gasteiger partial charge in [-0.1, -0.05) is 12.1 Å². The van der Waals surface area contributed by atoms with Crippen molar-refractivity contribution in [3.8, 4) is 11.3 Å². The van der Waals surface area contributed by atoms with Crippen molar-refractivity contribution in [1.29, 1.82) is 0 Å². The first-order valence-electron chi connectivity index (χ1n) is 7.39. The quantitative estimate of drug-likeness (QED) is 0.757. The standard InChI is InChI=1S/C17H17N3O5/c1-9(18)16(23)20(10(2)21)12-5-3-11(4-6-12)14-8-7-13(17(24)25)15(22)19-14/h3-9H,18H2,1-2H3,(H,19,22)(H,24,25)/t9-/m0/s1. The number of aromatic nitrogens is 1. The number of carboxylic acid groups (broad SMARTS) is 1. The molecule has 2 aromatic rings. The van der Waals surface area contributed by atoms with Gasteiger partial charge in [-0.3, -0.25) is 14.4 Å². The van der Waals surface area contributed by atoms with E-state index < -0.39 is 29.4 Å². The van der Waals surface area contributed by atoms with Gasteiger partial charge in [-0.2, -0.15) is 0 Å². The SMILES string of the molecule is CC(=O)N(C(=O)[C@H](C)N)c1ccc(-c2ccc(C(=O)O)c(=O)[nH]2)cc1. The van der Waals surface area contributed by atoms with Gasteiger partial charge in [0, 0.05) is 12.6 Å². The van der Waals surface area contributed by atoms with Crippen LogP contribution in [-0.2, 0) is 9.59 Å². The van der Waals surface area contributed by atoms with Crippen molar-refractivity contribution >= 4 is 23.5 Å². The van der Waals surface area contributed by atoms with Gasteiger partial charge in [-0.05, 0) is 36.8 Å². The molecule has 1 aromatic heterocycles. The van der Waals surface area contributed by atoms with Gasteiger partial charge in [0.05, 0.1) is 11.7 Å². The summed E-state index contributed by atoms with van der Waals surface area (Å²) < 4.78 is 0. The van der Waals surface area contributed by atoms with Gasteiger partial charge in [0.15, 0.2) is 0 Å². The molecule has 0 aliphatic rings. The molecule has 4 N–H and O–H groups in total. The third kappa shape index (κ3) is 3.81. The molecule has 2 rings (SSSR count). The van der Waals surface area contributed by atoms with Crippen LogP contribution in [0.4, 0.5) is 5.69 Å². The molecule has 0 radical (unpaired) electrons. The molecule has 25 heavy (non-hydrogen) atoms. The lowest BCUT2D eigenvalue weighted by Crippen LogP contribution is -2.44. The van der Waals surface area contributed by atoms with Crippen LogP contribution >= 0.6 is 0 Å². The van der Waals surface area contributed by atoms with E-state index in [0.717, 1.165) is 4.90 Å². The molecule has 1 aromatic carbocycles. The number of nitrogens with one attached hydrogen (secondary N) is 1. The van der Waals surface area contributed by atoms with Crippen molar-refractivity contribution in [3.05, 3.63) is 52.3 Å². The number of carbonyl (C=O) groups is 3. The maximum Gasteiger partial charge on any atom is 0.341 e. The fraction of sp³-hybridized carbons (Fsp3) is 0.176.